The summed E-state index contributed by atoms with van der Waals surface area (Å²) in [6.07, 6.45) is 5.36. The largest absolute Gasteiger partial charge is 0.398 e. The topological polar surface area (TPSA) is 48.1 Å². The molecule has 0 fully saturated rings. The molecule has 2 rings (SSSR count). The Morgan fingerprint density at radius 3 is 2.94 bits per heavy atom. The summed E-state index contributed by atoms with van der Waals surface area (Å²) >= 11 is 0. The van der Waals surface area contributed by atoms with Gasteiger partial charge in [-0.15, -0.1) is 0 Å². The molecule has 1 aromatic carbocycles. The number of nitrogens with zero attached hydrogens (tertiary/aromatic N) is 1. The van der Waals surface area contributed by atoms with E-state index in [1.54, 1.807) is 6.20 Å². The number of aromatic nitrogens is 1. The van der Waals surface area contributed by atoms with Crippen LogP contribution in [0.1, 0.15) is 31.7 Å². The van der Waals surface area contributed by atoms with E-state index in [1.807, 2.05) is 24.3 Å². The number of fused-ring (bicyclic) bond motifs is 1. The second-order valence-electron chi connectivity index (χ2n) is 4.47. The third kappa shape index (κ3) is 2.99. The molecule has 0 unspecified atom stereocenters. The van der Waals surface area contributed by atoms with Gasteiger partial charge in [0.25, 0.3) is 0 Å². The first kappa shape index (κ1) is 12.8. The summed E-state index contributed by atoms with van der Waals surface area (Å²) in [6.45, 7) is 3.61. The molecule has 0 bridgehead atoms. The van der Waals surface area contributed by atoms with Crippen LogP contribution in [0.25, 0.3) is 10.9 Å². The Labute approximate surface area is 108 Å². The fourth-order valence-electron chi connectivity index (χ4n) is 2.01. The second kappa shape index (κ2) is 6.36. The van der Waals surface area contributed by atoms with E-state index in [0.29, 0.717) is 6.61 Å². The number of nitrogens with two attached hydrogens (primary N) is 1. The van der Waals surface area contributed by atoms with Crippen LogP contribution in [-0.2, 0) is 11.3 Å². The van der Waals surface area contributed by atoms with Crippen LogP contribution in [0.3, 0.4) is 0 Å². The summed E-state index contributed by atoms with van der Waals surface area (Å²) in [7, 11) is 0. The molecule has 0 spiro atoms. The predicted octanol–water partition coefficient (Wildman–Crippen LogP) is 3.52. The van der Waals surface area contributed by atoms with Gasteiger partial charge >= 0.3 is 0 Å². The second-order valence-corrected chi connectivity index (χ2v) is 4.47. The van der Waals surface area contributed by atoms with E-state index in [2.05, 4.69) is 11.9 Å². The number of hydrogen-bond donors (Lipinski definition) is 1. The van der Waals surface area contributed by atoms with E-state index in [0.717, 1.165) is 35.2 Å². The first-order valence-corrected chi connectivity index (χ1v) is 6.52. The number of ether oxygens (including phenoxy) is 1. The Bertz CT molecular complexity index is 511. The monoisotopic (exact) mass is 244 g/mol. The summed E-state index contributed by atoms with van der Waals surface area (Å²) < 4.78 is 5.69. The molecule has 0 aliphatic heterocycles. The molecule has 0 amide bonds. The number of unbranched alkanes of at least 4 members (excludes halogenated alkanes) is 2. The lowest BCUT2D eigenvalue weighted by atomic mass is 10.1. The molecular formula is C15H20N2O. The first-order valence-electron chi connectivity index (χ1n) is 6.52. The van der Waals surface area contributed by atoms with Gasteiger partial charge in [0.2, 0.25) is 0 Å². The molecule has 0 atom stereocenters. The molecule has 0 saturated carbocycles. The van der Waals surface area contributed by atoms with Gasteiger partial charge in [-0.2, -0.15) is 0 Å². The van der Waals surface area contributed by atoms with Gasteiger partial charge in [0.1, 0.15) is 0 Å². The van der Waals surface area contributed by atoms with Crippen molar-refractivity contribution in [1.29, 1.82) is 0 Å². The summed E-state index contributed by atoms with van der Waals surface area (Å²) in [5, 5.41) is 1.01. The Hall–Kier alpha value is -1.61. The van der Waals surface area contributed by atoms with Crippen LogP contribution in [0, 0.1) is 0 Å². The molecule has 0 radical (unpaired) electrons. The maximum atomic E-state index is 5.94. The summed E-state index contributed by atoms with van der Waals surface area (Å²) in [5.74, 6) is 0. The van der Waals surface area contributed by atoms with Crippen molar-refractivity contribution in [2.24, 2.45) is 0 Å². The van der Waals surface area contributed by atoms with Crippen molar-refractivity contribution < 1.29 is 4.74 Å². The van der Waals surface area contributed by atoms with Crippen molar-refractivity contribution in [3.63, 3.8) is 0 Å². The van der Waals surface area contributed by atoms with E-state index in [-0.39, 0.29) is 0 Å². The van der Waals surface area contributed by atoms with Crippen LogP contribution in [-0.4, -0.2) is 11.6 Å². The molecule has 2 N–H and O–H groups in total. The minimum absolute atomic E-state index is 0.609. The Morgan fingerprint density at radius 1 is 1.22 bits per heavy atom. The molecule has 96 valence electrons. The van der Waals surface area contributed by atoms with Crippen molar-refractivity contribution >= 4 is 16.6 Å². The number of benzene rings is 1. The Kier molecular flexibility index (Phi) is 4.53. The average Bonchev–Trinajstić information content (AvgIpc) is 2.41. The van der Waals surface area contributed by atoms with Gasteiger partial charge in [0.05, 0.1) is 12.1 Å². The smallest absolute Gasteiger partial charge is 0.0777 e. The van der Waals surface area contributed by atoms with Gasteiger partial charge in [-0.3, -0.25) is 4.98 Å². The van der Waals surface area contributed by atoms with Gasteiger partial charge < -0.3 is 10.5 Å². The molecule has 0 saturated heterocycles. The van der Waals surface area contributed by atoms with Crippen molar-refractivity contribution in [1.82, 2.24) is 4.98 Å². The standard InChI is InChI=1S/C15H20N2O/c1-2-3-4-10-18-11-12-7-8-14(16)13-6-5-9-17-15(12)13/h5-9H,2-4,10-11,16H2,1H3. The molecule has 18 heavy (non-hydrogen) atoms. The fraction of sp³-hybridized carbons (Fsp3) is 0.400. The number of hydrogen-bond acceptors (Lipinski definition) is 3. The van der Waals surface area contributed by atoms with E-state index < -0.39 is 0 Å². The number of rotatable bonds is 6. The minimum Gasteiger partial charge on any atom is -0.398 e. The average molecular weight is 244 g/mol. The zero-order chi connectivity index (χ0) is 12.8. The van der Waals surface area contributed by atoms with Crippen molar-refractivity contribution in [3.05, 3.63) is 36.0 Å². The summed E-state index contributed by atoms with van der Waals surface area (Å²) in [4.78, 5) is 4.40. The Balaban J connectivity index is 2.07. The van der Waals surface area contributed by atoms with Crippen LogP contribution in [0.4, 0.5) is 5.69 Å². The number of pyridine rings is 1. The molecule has 0 aliphatic rings. The third-order valence-corrected chi connectivity index (χ3v) is 3.04. The van der Waals surface area contributed by atoms with E-state index in [9.17, 15) is 0 Å². The normalized spacial score (nSPS) is 10.9. The van der Waals surface area contributed by atoms with Crippen LogP contribution in [0.2, 0.25) is 0 Å². The highest BCUT2D eigenvalue weighted by atomic mass is 16.5. The zero-order valence-electron chi connectivity index (χ0n) is 10.9. The summed E-state index contributed by atoms with van der Waals surface area (Å²) in [5.41, 5.74) is 8.77. The van der Waals surface area contributed by atoms with Gasteiger partial charge in [0.15, 0.2) is 0 Å². The Morgan fingerprint density at radius 2 is 2.11 bits per heavy atom. The van der Waals surface area contributed by atoms with Crippen molar-refractivity contribution in [2.75, 3.05) is 12.3 Å². The molecule has 3 nitrogen and oxygen atoms in total. The quantitative estimate of drug-likeness (QED) is 0.624. The van der Waals surface area contributed by atoms with E-state index in [4.69, 9.17) is 10.5 Å². The highest BCUT2D eigenvalue weighted by Gasteiger charge is 2.04. The highest BCUT2D eigenvalue weighted by molar-refractivity contribution is 5.92. The maximum absolute atomic E-state index is 5.94. The predicted molar refractivity (Wildman–Crippen MR) is 75.3 cm³/mol. The van der Waals surface area contributed by atoms with Crippen LogP contribution in [0.5, 0.6) is 0 Å². The van der Waals surface area contributed by atoms with Gasteiger partial charge in [-0.25, -0.2) is 0 Å². The highest BCUT2D eigenvalue weighted by Crippen LogP contribution is 2.23. The lowest BCUT2D eigenvalue weighted by Crippen LogP contribution is -1.98. The lowest BCUT2D eigenvalue weighted by molar-refractivity contribution is 0.118. The maximum Gasteiger partial charge on any atom is 0.0777 e. The molecule has 2 aromatic rings. The van der Waals surface area contributed by atoms with E-state index >= 15 is 0 Å². The van der Waals surface area contributed by atoms with Crippen molar-refractivity contribution in [3.8, 4) is 0 Å². The third-order valence-electron chi connectivity index (χ3n) is 3.04. The molecule has 1 aromatic heterocycles. The lowest BCUT2D eigenvalue weighted by Gasteiger charge is -2.08. The fourth-order valence-corrected chi connectivity index (χ4v) is 2.01. The SMILES string of the molecule is CCCCCOCc1ccc(N)c2cccnc12. The molecule has 1 heterocycles. The minimum atomic E-state index is 0.609. The first-order chi connectivity index (χ1) is 8.83. The number of anilines is 1. The number of nitrogen functional groups attached to an aromatic ring is 1. The molecule has 0 aliphatic carbocycles. The van der Waals surface area contributed by atoms with Crippen LogP contribution < -0.4 is 5.73 Å². The summed E-state index contributed by atoms with van der Waals surface area (Å²) in [6, 6.07) is 7.84. The van der Waals surface area contributed by atoms with E-state index in [1.165, 1.54) is 12.8 Å². The van der Waals surface area contributed by atoms with Gasteiger partial charge in [0, 0.05) is 29.4 Å². The van der Waals surface area contributed by atoms with Gasteiger partial charge in [-0.05, 0) is 24.6 Å². The van der Waals surface area contributed by atoms with Crippen LogP contribution >= 0.6 is 0 Å². The van der Waals surface area contributed by atoms with Crippen molar-refractivity contribution in [2.45, 2.75) is 32.8 Å². The molecular weight excluding hydrogens is 224 g/mol. The zero-order valence-corrected chi connectivity index (χ0v) is 10.9. The van der Waals surface area contributed by atoms with Crippen LogP contribution in [0.15, 0.2) is 30.5 Å². The van der Waals surface area contributed by atoms with Gasteiger partial charge in [-0.1, -0.05) is 25.8 Å². The molecule has 3 heteroatoms.